The molecule has 2 heteroatoms. The van der Waals surface area contributed by atoms with Crippen molar-refractivity contribution >= 4 is 39.0 Å². The van der Waals surface area contributed by atoms with E-state index < -0.39 is 0 Å². The molecule has 0 atom stereocenters. The Hall–Kier alpha value is -5.86. The van der Waals surface area contributed by atoms with Crippen molar-refractivity contribution in [3.8, 4) is 33.4 Å². The van der Waals surface area contributed by atoms with E-state index in [0.717, 1.165) is 39.0 Å². The van der Waals surface area contributed by atoms with Gasteiger partial charge in [-0.15, -0.1) is 0 Å². The van der Waals surface area contributed by atoms with Gasteiger partial charge >= 0.3 is 0 Å². The lowest BCUT2D eigenvalue weighted by molar-refractivity contribution is 0.660. The van der Waals surface area contributed by atoms with Gasteiger partial charge in [0.1, 0.15) is 11.2 Å². The van der Waals surface area contributed by atoms with Crippen LogP contribution in [0.15, 0.2) is 156 Å². The molecule has 0 fully saturated rings. The summed E-state index contributed by atoms with van der Waals surface area (Å²) in [5.41, 5.74) is 18.1. The molecule has 0 saturated carbocycles. The van der Waals surface area contributed by atoms with Gasteiger partial charge < -0.3 is 9.32 Å². The number of fused-ring (bicyclic) bond motifs is 9. The summed E-state index contributed by atoms with van der Waals surface area (Å²) in [5, 5.41) is 2.23. The summed E-state index contributed by atoms with van der Waals surface area (Å²) in [6, 6.07) is 55.6. The number of hydrogen-bond donors (Lipinski definition) is 0. The van der Waals surface area contributed by atoms with Gasteiger partial charge in [0.05, 0.1) is 11.1 Å². The average Bonchev–Trinajstić information content (AvgIpc) is 3.72. The van der Waals surface area contributed by atoms with Crippen LogP contribution < -0.4 is 4.90 Å². The van der Waals surface area contributed by atoms with Crippen molar-refractivity contribution in [3.63, 3.8) is 0 Å². The van der Waals surface area contributed by atoms with E-state index in [0.29, 0.717) is 0 Å². The summed E-state index contributed by atoms with van der Waals surface area (Å²) < 4.78 is 6.58. The van der Waals surface area contributed by atoms with E-state index in [9.17, 15) is 0 Å². The van der Waals surface area contributed by atoms with E-state index in [2.05, 4.69) is 184 Å². The third-order valence-electron chi connectivity index (χ3n) is 11.5. The Kier molecular flexibility index (Phi) is 6.01. The lowest BCUT2D eigenvalue weighted by atomic mass is 9.82. The highest BCUT2D eigenvalue weighted by atomic mass is 16.3. The van der Waals surface area contributed by atoms with E-state index in [1.807, 2.05) is 0 Å². The minimum Gasteiger partial charge on any atom is -0.456 e. The molecule has 0 aliphatic heterocycles. The Bertz CT molecular complexity index is 2550. The summed E-state index contributed by atoms with van der Waals surface area (Å²) in [5.74, 6) is 0. The third-order valence-corrected chi connectivity index (χ3v) is 11.5. The second-order valence-electron chi connectivity index (χ2n) is 15.0. The topological polar surface area (TPSA) is 16.4 Å². The summed E-state index contributed by atoms with van der Waals surface area (Å²) in [6.45, 7) is 9.43. The minimum atomic E-state index is -0.117. The van der Waals surface area contributed by atoms with E-state index in [4.69, 9.17) is 4.42 Å². The molecule has 2 aliphatic rings. The molecule has 1 aromatic heterocycles. The summed E-state index contributed by atoms with van der Waals surface area (Å²) in [7, 11) is 0. The van der Waals surface area contributed by atoms with E-state index in [1.165, 1.54) is 55.6 Å². The lowest BCUT2D eigenvalue weighted by Gasteiger charge is -2.30. The van der Waals surface area contributed by atoms with Crippen LogP contribution >= 0.6 is 0 Å². The molecule has 240 valence electrons. The maximum Gasteiger partial charge on any atom is 0.137 e. The monoisotopic (exact) mass is 643 g/mol. The highest BCUT2D eigenvalue weighted by Crippen LogP contribution is 2.54. The van der Waals surface area contributed by atoms with Crippen LogP contribution in [0.25, 0.3) is 55.3 Å². The Labute approximate surface area is 293 Å². The smallest absolute Gasteiger partial charge is 0.137 e. The van der Waals surface area contributed by atoms with Gasteiger partial charge in [0.15, 0.2) is 0 Å². The third kappa shape index (κ3) is 4.02. The number of furan rings is 1. The zero-order chi connectivity index (χ0) is 33.8. The summed E-state index contributed by atoms with van der Waals surface area (Å²) in [6.07, 6.45) is 0. The molecule has 2 nitrogen and oxygen atoms in total. The van der Waals surface area contributed by atoms with Crippen LogP contribution in [0.2, 0.25) is 0 Å². The second kappa shape index (κ2) is 10.3. The van der Waals surface area contributed by atoms with Gasteiger partial charge in [-0.05, 0) is 104 Å². The molecular weight excluding hydrogens is 607 g/mol. The molecular formula is C48H37NO. The molecule has 10 rings (SSSR count). The molecule has 2 aliphatic carbocycles. The van der Waals surface area contributed by atoms with Crippen molar-refractivity contribution in [1.29, 1.82) is 0 Å². The Morgan fingerprint density at radius 1 is 0.420 bits per heavy atom. The Balaban J connectivity index is 1.24. The van der Waals surface area contributed by atoms with Gasteiger partial charge in [-0.2, -0.15) is 0 Å². The average molecular weight is 644 g/mol. The first-order chi connectivity index (χ1) is 24.3. The maximum absolute atomic E-state index is 6.58. The first kappa shape index (κ1) is 29.1. The fourth-order valence-corrected chi connectivity index (χ4v) is 8.89. The number of benzene rings is 7. The lowest BCUT2D eigenvalue weighted by Crippen LogP contribution is -2.18. The molecule has 0 N–H and O–H groups in total. The molecule has 8 aromatic rings. The van der Waals surface area contributed by atoms with E-state index in [-0.39, 0.29) is 10.8 Å². The van der Waals surface area contributed by atoms with Crippen LogP contribution in [0.5, 0.6) is 0 Å². The molecule has 0 amide bonds. The molecule has 50 heavy (non-hydrogen) atoms. The van der Waals surface area contributed by atoms with Gasteiger partial charge in [-0.25, -0.2) is 0 Å². The number of anilines is 3. The molecule has 0 saturated heterocycles. The van der Waals surface area contributed by atoms with Crippen molar-refractivity contribution in [1.82, 2.24) is 0 Å². The van der Waals surface area contributed by atoms with Crippen LogP contribution in [0.4, 0.5) is 17.1 Å². The van der Waals surface area contributed by atoms with Crippen LogP contribution in [0.3, 0.4) is 0 Å². The highest BCUT2D eigenvalue weighted by molar-refractivity contribution is 6.14. The van der Waals surface area contributed by atoms with Crippen molar-refractivity contribution in [3.05, 3.63) is 174 Å². The maximum atomic E-state index is 6.58. The van der Waals surface area contributed by atoms with Gasteiger partial charge in [-0.1, -0.05) is 131 Å². The first-order valence-corrected chi connectivity index (χ1v) is 17.6. The SMILES string of the molecule is CC1(C)c2ccccc2-c2ccc(N(c3ccc4c(c3)C(C)(C)c3ccccc3-4)c3cccc4oc5ccc(-c6ccccc6)cc5c34)cc21. The van der Waals surface area contributed by atoms with Crippen molar-refractivity contribution in [2.75, 3.05) is 4.90 Å². The van der Waals surface area contributed by atoms with Crippen molar-refractivity contribution in [2.45, 2.75) is 38.5 Å². The molecule has 0 unspecified atom stereocenters. The van der Waals surface area contributed by atoms with Gasteiger partial charge in [0.25, 0.3) is 0 Å². The van der Waals surface area contributed by atoms with Gasteiger partial charge in [-0.3, -0.25) is 0 Å². The predicted molar refractivity (Wildman–Crippen MR) is 209 cm³/mol. The fraction of sp³-hybridized carbons (Fsp3) is 0.125. The fourth-order valence-electron chi connectivity index (χ4n) is 8.89. The molecule has 0 spiro atoms. The van der Waals surface area contributed by atoms with Crippen LogP contribution in [-0.4, -0.2) is 0 Å². The number of rotatable bonds is 4. The Morgan fingerprint density at radius 3 is 1.60 bits per heavy atom. The molecule has 0 bridgehead atoms. The molecule has 1 heterocycles. The highest BCUT2D eigenvalue weighted by Gasteiger charge is 2.38. The largest absolute Gasteiger partial charge is 0.456 e. The van der Waals surface area contributed by atoms with Gasteiger partial charge in [0, 0.05) is 27.6 Å². The standard InChI is InChI=1S/C48H37NO/c1-47(2)39-17-10-8-15-34(39)36-24-22-32(28-41(36)47)49(33-23-25-37-35-16-9-11-18-40(35)48(3,4)42(37)29-33)43-19-12-20-45-46(43)38-27-31(21-26-44(38)50-45)30-13-6-5-7-14-30/h5-29H,1-4H3. The minimum absolute atomic E-state index is 0.117. The van der Waals surface area contributed by atoms with E-state index in [1.54, 1.807) is 0 Å². The first-order valence-electron chi connectivity index (χ1n) is 17.6. The van der Waals surface area contributed by atoms with Gasteiger partial charge in [0.2, 0.25) is 0 Å². The van der Waals surface area contributed by atoms with Crippen molar-refractivity contribution in [2.24, 2.45) is 0 Å². The van der Waals surface area contributed by atoms with Crippen LogP contribution in [0.1, 0.15) is 49.9 Å². The second-order valence-corrected chi connectivity index (χ2v) is 15.0. The molecule has 0 radical (unpaired) electrons. The molecule has 7 aromatic carbocycles. The summed E-state index contributed by atoms with van der Waals surface area (Å²) in [4.78, 5) is 2.46. The number of nitrogens with zero attached hydrogens (tertiary/aromatic N) is 1. The zero-order valence-corrected chi connectivity index (χ0v) is 28.8. The van der Waals surface area contributed by atoms with E-state index >= 15 is 0 Å². The zero-order valence-electron chi connectivity index (χ0n) is 28.8. The Morgan fingerprint density at radius 2 is 0.980 bits per heavy atom. The van der Waals surface area contributed by atoms with Crippen LogP contribution in [0, 0.1) is 0 Å². The summed E-state index contributed by atoms with van der Waals surface area (Å²) >= 11 is 0. The quantitative estimate of drug-likeness (QED) is 0.190. The normalized spacial score (nSPS) is 14.7. The predicted octanol–water partition coefficient (Wildman–Crippen LogP) is 13.3. The van der Waals surface area contributed by atoms with Crippen LogP contribution in [-0.2, 0) is 10.8 Å². The number of hydrogen-bond acceptors (Lipinski definition) is 2. The van der Waals surface area contributed by atoms with Crippen molar-refractivity contribution < 1.29 is 4.42 Å².